The van der Waals surface area contributed by atoms with Gasteiger partial charge in [0.25, 0.3) is 0 Å². The molecule has 7 heteroatoms. The minimum Gasteiger partial charge on any atom is -0.373 e. The molecule has 1 aromatic rings. The van der Waals surface area contributed by atoms with Crippen LogP contribution in [-0.4, -0.2) is 49.1 Å². The van der Waals surface area contributed by atoms with E-state index >= 15 is 0 Å². The van der Waals surface area contributed by atoms with E-state index in [4.69, 9.17) is 4.74 Å². The van der Waals surface area contributed by atoms with Crippen LogP contribution in [0, 0.1) is 0 Å². The number of hydrogen-bond donors (Lipinski definition) is 2. The fraction of sp³-hybridized carbons (Fsp3) is 0.600. The van der Waals surface area contributed by atoms with Gasteiger partial charge in [-0.05, 0) is 37.3 Å². The van der Waals surface area contributed by atoms with Crippen LogP contribution < -0.4 is 10.6 Å². The topological polar surface area (TPSA) is 66.0 Å². The van der Waals surface area contributed by atoms with Crippen molar-refractivity contribution >= 4 is 35.8 Å². The molecule has 1 aromatic carbocycles. The van der Waals surface area contributed by atoms with Crippen LogP contribution in [0.5, 0.6) is 0 Å². The van der Waals surface area contributed by atoms with Crippen molar-refractivity contribution in [1.82, 2.24) is 15.5 Å². The third kappa shape index (κ3) is 6.07. The molecule has 1 atom stereocenters. The first-order chi connectivity index (χ1) is 12.6. The Morgan fingerprint density at radius 2 is 2.04 bits per heavy atom. The number of halogens is 1. The van der Waals surface area contributed by atoms with Crippen LogP contribution in [0.2, 0.25) is 0 Å². The van der Waals surface area contributed by atoms with E-state index < -0.39 is 0 Å². The summed E-state index contributed by atoms with van der Waals surface area (Å²) in [4.78, 5) is 18.2. The minimum absolute atomic E-state index is 0. The second-order valence-corrected chi connectivity index (χ2v) is 7.37. The smallest absolute Gasteiger partial charge is 0.222 e. The molecule has 0 radical (unpaired) electrons. The summed E-state index contributed by atoms with van der Waals surface area (Å²) in [6.45, 7) is 5.96. The van der Waals surface area contributed by atoms with Crippen LogP contribution in [0.15, 0.2) is 29.3 Å². The molecule has 2 aliphatic rings. The molecule has 2 N–H and O–H groups in total. The van der Waals surface area contributed by atoms with Gasteiger partial charge in [0.1, 0.15) is 0 Å². The SMILES string of the molecule is CN=C(NCc1ccccc1CN1CCCC1=O)NCC1(C)CCCO1.I. The van der Waals surface area contributed by atoms with Gasteiger partial charge in [-0.15, -0.1) is 24.0 Å². The average molecular weight is 486 g/mol. The van der Waals surface area contributed by atoms with Crippen molar-refractivity contribution in [3.05, 3.63) is 35.4 Å². The Balaban J connectivity index is 0.00000261. The maximum atomic E-state index is 11.9. The molecule has 0 bridgehead atoms. The summed E-state index contributed by atoms with van der Waals surface area (Å²) in [6.07, 6.45) is 3.84. The van der Waals surface area contributed by atoms with Crippen molar-refractivity contribution in [3.63, 3.8) is 0 Å². The highest BCUT2D eigenvalue weighted by Crippen LogP contribution is 2.23. The highest BCUT2D eigenvalue weighted by molar-refractivity contribution is 14.0. The van der Waals surface area contributed by atoms with Gasteiger partial charge in [0.05, 0.1) is 5.60 Å². The van der Waals surface area contributed by atoms with E-state index in [1.165, 1.54) is 11.1 Å². The first-order valence-corrected chi connectivity index (χ1v) is 9.53. The van der Waals surface area contributed by atoms with Gasteiger partial charge in [-0.2, -0.15) is 0 Å². The minimum atomic E-state index is -0.106. The van der Waals surface area contributed by atoms with Gasteiger partial charge < -0.3 is 20.3 Å². The average Bonchev–Trinajstić information content (AvgIpc) is 3.25. The van der Waals surface area contributed by atoms with Crippen LogP contribution >= 0.6 is 24.0 Å². The Kier molecular flexibility index (Phi) is 8.34. The van der Waals surface area contributed by atoms with E-state index in [1.807, 2.05) is 17.0 Å². The van der Waals surface area contributed by atoms with Crippen LogP contribution in [0.3, 0.4) is 0 Å². The largest absolute Gasteiger partial charge is 0.373 e. The van der Waals surface area contributed by atoms with Crippen LogP contribution in [0.4, 0.5) is 0 Å². The molecular weight excluding hydrogens is 455 g/mol. The van der Waals surface area contributed by atoms with Crippen molar-refractivity contribution in [1.29, 1.82) is 0 Å². The van der Waals surface area contributed by atoms with Gasteiger partial charge >= 0.3 is 0 Å². The lowest BCUT2D eigenvalue weighted by Crippen LogP contribution is -2.45. The monoisotopic (exact) mass is 486 g/mol. The second-order valence-electron chi connectivity index (χ2n) is 7.37. The second kappa shape index (κ2) is 10.3. The molecule has 0 aliphatic carbocycles. The number of nitrogens with zero attached hydrogens (tertiary/aromatic N) is 2. The molecule has 1 unspecified atom stereocenters. The Morgan fingerprint density at radius 3 is 2.67 bits per heavy atom. The van der Waals surface area contributed by atoms with E-state index in [9.17, 15) is 4.79 Å². The molecular formula is C20H31IN4O2. The van der Waals surface area contributed by atoms with Crippen LogP contribution in [0.1, 0.15) is 43.7 Å². The quantitative estimate of drug-likeness (QED) is 0.369. The number of carbonyl (C=O) groups excluding carboxylic acids is 1. The number of amides is 1. The fourth-order valence-electron chi connectivity index (χ4n) is 3.61. The number of rotatable bonds is 6. The predicted molar refractivity (Wildman–Crippen MR) is 118 cm³/mol. The number of aliphatic imine (C=N–C) groups is 1. The number of carbonyl (C=O) groups is 1. The Labute approximate surface area is 179 Å². The van der Waals surface area contributed by atoms with E-state index in [1.54, 1.807) is 7.05 Å². The summed E-state index contributed by atoms with van der Waals surface area (Å²) < 4.78 is 5.82. The molecule has 2 fully saturated rings. The lowest BCUT2D eigenvalue weighted by Gasteiger charge is -2.25. The highest BCUT2D eigenvalue weighted by atomic mass is 127. The number of likely N-dealkylation sites (tertiary alicyclic amines) is 1. The molecule has 2 saturated heterocycles. The lowest BCUT2D eigenvalue weighted by molar-refractivity contribution is -0.128. The van der Waals surface area contributed by atoms with E-state index in [-0.39, 0.29) is 35.5 Å². The predicted octanol–water partition coefficient (Wildman–Crippen LogP) is 2.66. The molecule has 0 spiro atoms. The summed E-state index contributed by atoms with van der Waals surface area (Å²) in [5.74, 6) is 1.03. The van der Waals surface area contributed by atoms with E-state index in [0.29, 0.717) is 19.5 Å². The summed E-state index contributed by atoms with van der Waals surface area (Å²) >= 11 is 0. The first kappa shape index (κ1) is 21.9. The number of guanidine groups is 1. The first-order valence-electron chi connectivity index (χ1n) is 9.53. The number of hydrogen-bond acceptors (Lipinski definition) is 3. The standard InChI is InChI=1S/C20H30N4O2.HI/c1-20(10-6-12-26-20)15-23-19(21-2)22-13-16-7-3-4-8-17(16)14-24-11-5-9-18(24)25;/h3-4,7-8H,5-6,9-15H2,1-2H3,(H2,21,22,23);1H. The van der Waals surface area contributed by atoms with Gasteiger partial charge in [-0.1, -0.05) is 24.3 Å². The molecule has 27 heavy (non-hydrogen) atoms. The molecule has 2 aliphatic heterocycles. The third-order valence-electron chi connectivity index (χ3n) is 5.25. The van der Waals surface area contributed by atoms with Crippen molar-refractivity contribution in [2.75, 3.05) is 26.7 Å². The Bertz CT molecular complexity index is 659. The summed E-state index contributed by atoms with van der Waals surface area (Å²) in [5, 5.41) is 6.75. The third-order valence-corrected chi connectivity index (χ3v) is 5.25. The van der Waals surface area contributed by atoms with E-state index in [0.717, 1.165) is 44.9 Å². The van der Waals surface area contributed by atoms with Gasteiger partial charge in [0.15, 0.2) is 5.96 Å². The zero-order valence-corrected chi connectivity index (χ0v) is 18.6. The fourth-order valence-corrected chi connectivity index (χ4v) is 3.61. The van der Waals surface area contributed by atoms with Crippen molar-refractivity contribution in [2.24, 2.45) is 4.99 Å². The van der Waals surface area contributed by atoms with Crippen LogP contribution in [0.25, 0.3) is 0 Å². The van der Waals surface area contributed by atoms with Crippen molar-refractivity contribution < 1.29 is 9.53 Å². The molecule has 2 heterocycles. The number of benzene rings is 1. The van der Waals surface area contributed by atoms with Crippen LogP contribution in [-0.2, 0) is 22.6 Å². The highest BCUT2D eigenvalue weighted by Gasteiger charge is 2.29. The van der Waals surface area contributed by atoms with Gasteiger partial charge in [-0.25, -0.2) is 0 Å². The Morgan fingerprint density at radius 1 is 1.26 bits per heavy atom. The van der Waals surface area contributed by atoms with Gasteiger partial charge in [0, 0.05) is 46.3 Å². The summed E-state index contributed by atoms with van der Waals surface area (Å²) in [6, 6.07) is 8.28. The molecule has 3 rings (SSSR count). The summed E-state index contributed by atoms with van der Waals surface area (Å²) in [5.41, 5.74) is 2.28. The number of nitrogens with one attached hydrogen (secondary N) is 2. The zero-order chi connectivity index (χ0) is 18.4. The maximum absolute atomic E-state index is 11.9. The molecule has 150 valence electrons. The van der Waals surface area contributed by atoms with E-state index in [2.05, 4.69) is 34.7 Å². The zero-order valence-electron chi connectivity index (χ0n) is 16.3. The van der Waals surface area contributed by atoms with Crippen molar-refractivity contribution in [2.45, 2.75) is 51.3 Å². The lowest BCUT2D eigenvalue weighted by atomic mass is 10.0. The van der Waals surface area contributed by atoms with Gasteiger partial charge in [-0.3, -0.25) is 9.79 Å². The van der Waals surface area contributed by atoms with Gasteiger partial charge in [0.2, 0.25) is 5.91 Å². The maximum Gasteiger partial charge on any atom is 0.222 e. The summed E-state index contributed by atoms with van der Waals surface area (Å²) in [7, 11) is 1.78. The molecule has 0 saturated carbocycles. The molecule has 6 nitrogen and oxygen atoms in total. The molecule has 0 aromatic heterocycles. The Hall–Kier alpha value is -1.35. The number of ether oxygens (including phenoxy) is 1. The normalized spacial score (nSPS) is 22.7. The molecule has 1 amide bonds. The van der Waals surface area contributed by atoms with Crippen molar-refractivity contribution in [3.8, 4) is 0 Å².